The zero-order valence-corrected chi connectivity index (χ0v) is 13.9. The molecule has 1 fully saturated rings. The summed E-state index contributed by atoms with van der Waals surface area (Å²) in [6.45, 7) is 4.52. The Morgan fingerprint density at radius 3 is 2.83 bits per heavy atom. The molecule has 0 radical (unpaired) electrons. The van der Waals surface area contributed by atoms with E-state index in [-0.39, 0.29) is 23.5 Å². The largest absolute Gasteiger partial charge is 0.387 e. The fourth-order valence-corrected chi connectivity index (χ4v) is 2.54. The van der Waals surface area contributed by atoms with Crippen LogP contribution in [0, 0.1) is 5.82 Å². The summed E-state index contributed by atoms with van der Waals surface area (Å²) in [5, 5.41) is 13.2. The molecule has 2 N–H and O–H groups in total. The Morgan fingerprint density at radius 2 is 2.17 bits per heavy atom. The van der Waals surface area contributed by atoms with Gasteiger partial charge < -0.3 is 20.1 Å². The van der Waals surface area contributed by atoms with E-state index in [4.69, 9.17) is 16.3 Å². The van der Waals surface area contributed by atoms with Crippen molar-refractivity contribution in [3.05, 3.63) is 34.6 Å². The smallest absolute Gasteiger partial charge is 0.224 e. The van der Waals surface area contributed by atoms with Crippen LogP contribution in [0.5, 0.6) is 0 Å². The molecule has 1 amide bonds. The van der Waals surface area contributed by atoms with E-state index in [0.29, 0.717) is 38.3 Å². The van der Waals surface area contributed by atoms with Crippen molar-refractivity contribution in [3.8, 4) is 0 Å². The monoisotopic (exact) mass is 344 g/mol. The van der Waals surface area contributed by atoms with Gasteiger partial charge in [0.2, 0.25) is 5.91 Å². The summed E-state index contributed by atoms with van der Waals surface area (Å²) in [5.74, 6) is -0.487. The Hall–Kier alpha value is -1.21. The summed E-state index contributed by atoms with van der Waals surface area (Å²) in [6, 6.07) is 4.14. The maximum Gasteiger partial charge on any atom is 0.224 e. The van der Waals surface area contributed by atoms with Crippen molar-refractivity contribution in [2.75, 3.05) is 32.8 Å². The molecule has 1 heterocycles. The molecule has 0 aromatic heterocycles. The van der Waals surface area contributed by atoms with Gasteiger partial charge in [-0.05, 0) is 24.6 Å². The van der Waals surface area contributed by atoms with Crippen LogP contribution in [0.4, 0.5) is 4.39 Å². The molecule has 2 rings (SSSR count). The molecule has 1 aromatic carbocycles. The lowest BCUT2D eigenvalue weighted by atomic mass is 10.1. The maximum absolute atomic E-state index is 13.4. The Bertz CT molecular complexity index is 538. The summed E-state index contributed by atoms with van der Waals surface area (Å²) < 4.78 is 18.6. The minimum absolute atomic E-state index is 0.0263. The number of morpholine rings is 1. The van der Waals surface area contributed by atoms with Gasteiger partial charge in [0.25, 0.3) is 0 Å². The third kappa shape index (κ3) is 5.42. The second-order valence-electron chi connectivity index (χ2n) is 5.70. The molecule has 1 aliphatic rings. The Kier molecular flexibility index (Phi) is 6.77. The number of hydrogen-bond donors (Lipinski definition) is 2. The van der Waals surface area contributed by atoms with Crippen LogP contribution in [0.3, 0.4) is 0 Å². The first-order valence-electron chi connectivity index (χ1n) is 7.69. The fraction of sp³-hybridized carbons (Fsp3) is 0.562. The first-order chi connectivity index (χ1) is 11.0. The number of ether oxygens (including phenoxy) is 1. The molecule has 1 saturated heterocycles. The van der Waals surface area contributed by atoms with Gasteiger partial charge in [0.05, 0.1) is 24.3 Å². The summed E-state index contributed by atoms with van der Waals surface area (Å²) in [5.41, 5.74) is 0.450. The molecule has 0 aliphatic carbocycles. The van der Waals surface area contributed by atoms with Gasteiger partial charge in [0.1, 0.15) is 5.82 Å². The van der Waals surface area contributed by atoms with E-state index in [1.54, 1.807) is 11.0 Å². The highest BCUT2D eigenvalue weighted by Crippen LogP contribution is 2.20. The Labute approximate surface area is 140 Å². The number of halogens is 2. The third-order valence-corrected chi connectivity index (χ3v) is 4.14. The number of nitrogens with zero attached hydrogens (tertiary/aromatic N) is 1. The molecular weight excluding hydrogens is 323 g/mol. The maximum atomic E-state index is 13.4. The number of aliphatic hydroxyl groups is 1. The van der Waals surface area contributed by atoms with E-state index in [1.807, 2.05) is 6.92 Å². The SMILES string of the molecule is CC(CC(=O)N1CCOCC1)NCC(O)c1ccc(Cl)c(F)c1. The zero-order chi connectivity index (χ0) is 16.8. The average Bonchev–Trinajstić information content (AvgIpc) is 2.56. The third-order valence-electron chi connectivity index (χ3n) is 3.83. The first-order valence-corrected chi connectivity index (χ1v) is 8.07. The van der Waals surface area contributed by atoms with Crippen LogP contribution in [0.15, 0.2) is 18.2 Å². The highest BCUT2D eigenvalue weighted by atomic mass is 35.5. The van der Waals surface area contributed by atoms with Crippen molar-refractivity contribution >= 4 is 17.5 Å². The fourth-order valence-electron chi connectivity index (χ4n) is 2.43. The molecule has 1 aromatic rings. The summed E-state index contributed by atoms with van der Waals surface area (Å²) in [6.07, 6.45) is -0.510. The van der Waals surface area contributed by atoms with Gasteiger partial charge in [-0.3, -0.25) is 4.79 Å². The first kappa shape index (κ1) is 18.1. The molecule has 2 atom stereocenters. The summed E-state index contributed by atoms with van der Waals surface area (Å²) in [7, 11) is 0. The van der Waals surface area contributed by atoms with Gasteiger partial charge >= 0.3 is 0 Å². The van der Waals surface area contributed by atoms with Crippen molar-refractivity contribution in [3.63, 3.8) is 0 Å². The number of nitrogens with one attached hydrogen (secondary N) is 1. The summed E-state index contributed by atoms with van der Waals surface area (Å²) in [4.78, 5) is 13.9. The van der Waals surface area contributed by atoms with Crippen molar-refractivity contribution in [2.24, 2.45) is 0 Å². The second kappa shape index (κ2) is 8.59. The predicted molar refractivity (Wildman–Crippen MR) is 85.9 cm³/mol. The standard InChI is InChI=1S/C16H22ClFN2O3/c1-11(8-16(22)20-4-6-23-7-5-20)19-10-15(21)12-2-3-13(17)14(18)9-12/h2-3,9,11,15,19,21H,4-8,10H2,1H3. The minimum atomic E-state index is -0.859. The second-order valence-corrected chi connectivity index (χ2v) is 6.10. The molecular formula is C16H22ClFN2O3. The van der Waals surface area contributed by atoms with Crippen molar-refractivity contribution < 1.29 is 19.0 Å². The number of benzene rings is 1. The van der Waals surface area contributed by atoms with Crippen LogP contribution < -0.4 is 5.32 Å². The molecule has 7 heteroatoms. The number of carbonyl (C=O) groups excluding carboxylic acids is 1. The van der Waals surface area contributed by atoms with Crippen molar-refractivity contribution in [2.45, 2.75) is 25.5 Å². The van der Waals surface area contributed by atoms with E-state index in [1.165, 1.54) is 12.1 Å². The van der Waals surface area contributed by atoms with Crippen LogP contribution in [-0.2, 0) is 9.53 Å². The van der Waals surface area contributed by atoms with E-state index < -0.39 is 11.9 Å². The minimum Gasteiger partial charge on any atom is -0.387 e. The van der Waals surface area contributed by atoms with Crippen molar-refractivity contribution in [1.29, 1.82) is 0 Å². The Morgan fingerprint density at radius 1 is 1.48 bits per heavy atom. The van der Waals surface area contributed by atoms with Crippen LogP contribution in [-0.4, -0.2) is 54.8 Å². The molecule has 0 spiro atoms. The number of carbonyl (C=O) groups is 1. The molecule has 128 valence electrons. The van der Waals surface area contributed by atoms with Gasteiger partial charge in [-0.1, -0.05) is 17.7 Å². The molecule has 23 heavy (non-hydrogen) atoms. The van der Waals surface area contributed by atoms with Gasteiger partial charge in [-0.2, -0.15) is 0 Å². The molecule has 0 bridgehead atoms. The van der Waals surface area contributed by atoms with Crippen molar-refractivity contribution in [1.82, 2.24) is 10.2 Å². The van der Waals surface area contributed by atoms with E-state index in [2.05, 4.69) is 5.32 Å². The lowest BCUT2D eigenvalue weighted by Gasteiger charge is -2.28. The topological polar surface area (TPSA) is 61.8 Å². The van der Waals surface area contributed by atoms with Crippen LogP contribution in [0.1, 0.15) is 25.0 Å². The molecule has 1 aliphatic heterocycles. The van der Waals surface area contributed by atoms with Gasteiger partial charge in [-0.15, -0.1) is 0 Å². The zero-order valence-electron chi connectivity index (χ0n) is 13.1. The molecule has 2 unspecified atom stereocenters. The van der Waals surface area contributed by atoms with E-state index >= 15 is 0 Å². The predicted octanol–water partition coefficient (Wildman–Crippen LogP) is 1.74. The van der Waals surface area contributed by atoms with Crippen LogP contribution >= 0.6 is 11.6 Å². The molecule has 0 saturated carbocycles. The van der Waals surface area contributed by atoms with Gasteiger partial charge in [0, 0.05) is 32.1 Å². The number of rotatable bonds is 6. The average molecular weight is 345 g/mol. The normalized spacial score (nSPS) is 17.8. The van der Waals surface area contributed by atoms with Crippen LogP contribution in [0.2, 0.25) is 5.02 Å². The molecule has 5 nitrogen and oxygen atoms in total. The van der Waals surface area contributed by atoms with Gasteiger partial charge in [-0.25, -0.2) is 4.39 Å². The number of amides is 1. The number of aliphatic hydroxyl groups excluding tert-OH is 1. The van der Waals surface area contributed by atoms with Gasteiger partial charge in [0.15, 0.2) is 0 Å². The van der Waals surface area contributed by atoms with E-state index in [9.17, 15) is 14.3 Å². The van der Waals surface area contributed by atoms with Crippen LogP contribution in [0.25, 0.3) is 0 Å². The summed E-state index contributed by atoms with van der Waals surface area (Å²) >= 11 is 5.62. The highest BCUT2D eigenvalue weighted by molar-refractivity contribution is 6.30. The Balaban J connectivity index is 1.77. The highest BCUT2D eigenvalue weighted by Gasteiger charge is 2.19. The number of hydrogen-bond acceptors (Lipinski definition) is 4. The lowest BCUT2D eigenvalue weighted by Crippen LogP contribution is -2.43. The lowest BCUT2D eigenvalue weighted by molar-refractivity contribution is -0.135. The van der Waals surface area contributed by atoms with E-state index in [0.717, 1.165) is 0 Å². The quantitative estimate of drug-likeness (QED) is 0.825.